The van der Waals surface area contributed by atoms with Crippen molar-refractivity contribution < 1.29 is 0 Å². The summed E-state index contributed by atoms with van der Waals surface area (Å²) in [5, 5.41) is 3.06. The van der Waals surface area contributed by atoms with E-state index in [1.807, 2.05) is 26.1 Å². The fraction of sp³-hybridized carbons (Fsp3) is 0.231. The number of halogens is 2. The summed E-state index contributed by atoms with van der Waals surface area (Å²) < 4.78 is 2.00. The Morgan fingerprint density at radius 2 is 1.83 bits per heavy atom. The van der Waals surface area contributed by atoms with E-state index in [1.165, 1.54) is 5.56 Å². The fourth-order valence-electron chi connectivity index (χ4n) is 1.64. The lowest BCUT2D eigenvalue weighted by atomic mass is 10.1. The van der Waals surface area contributed by atoms with Crippen molar-refractivity contribution in [1.82, 2.24) is 9.97 Å². The Balaban J connectivity index is 2.57. The van der Waals surface area contributed by atoms with Gasteiger partial charge in [-0.15, -0.1) is 0 Å². The molecule has 18 heavy (non-hydrogen) atoms. The van der Waals surface area contributed by atoms with Gasteiger partial charge in [-0.3, -0.25) is 0 Å². The number of hydrogen-bond acceptors (Lipinski definition) is 3. The van der Waals surface area contributed by atoms with Gasteiger partial charge in [0.1, 0.15) is 5.82 Å². The van der Waals surface area contributed by atoms with Crippen LogP contribution in [0.25, 0.3) is 11.4 Å². The molecule has 2 rings (SSSR count). The van der Waals surface area contributed by atoms with Crippen LogP contribution in [0.4, 0.5) is 5.82 Å². The second-order valence-electron chi connectivity index (χ2n) is 4.01. The highest BCUT2D eigenvalue weighted by atomic mass is 79.9. The molecule has 1 heterocycles. The number of aryl methyl sites for hydroxylation is 2. The van der Waals surface area contributed by atoms with Crippen molar-refractivity contribution in [1.29, 1.82) is 0 Å². The molecule has 2 aromatic rings. The van der Waals surface area contributed by atoms with Crippen molar-refractivity contribution in [2.24, 2.45) is 0 Å². The lowest BCUT2D eigenvalue weighted by Crippen LogP contribution is -2.00. The number of anilines is 1. The molecule has 1 aromatic carbocycles. The largest absolute Gasteiger partial charge is 0.372 e. The summed E-state index contributed by atoms with van der Waals surface area (Å²) in [4.78, 5) is 9.02. The lowest BCUT2D eigenvalue weighted by molar-refractivity contribution is 1.09. The number of nitrogens with one attached hydrogen (secondary N) is 1. The van der Waals surface area contributed by atoms with Gasteiger partial charge in [0.25, 0.3) is 0 Å². The van der Waals surface area contributed by atoms with Crippen LogP contribution in [-0.2, 0) is 0 Å². The Morgan fingerprint density at radius 1 is 1.11 bits per heavy atom. The maximum atomic E-state index is 4.51. The molecule has 0 aliphatic heterocycles. The van der Waals surface area contributed by atoms with E-state index < -0.39 is 0 Å². The number of nitrogens with zero attached hydrogens (tertiary/aromatic N) is 2. The van der Waals surface area contributed by atoms with Crippen molar-refractivity contribution in [3.8, 4) is 11.4 Å². The van der Waals surface area contributed by atoms with Crippen LogP contribution >= 0.6 is 31.9 Å². The predicted octanol–water partition coefficient (Wildman–Crippen LogP) is 4.33. The van der Waals surface area contributed by atoms with Crippen LogP contribution in [0.5, 0.6) is 0 Å². The minimum atomic E-state index is 0.732. The first-order valence-electron chi connectivity index (χ1n) is 5.51. The SMILES string of the molecule is CNc1nc(-c2ccc(Br)c(C)c2)nc(C)c1Br. The Morgan fingerprint density at radius 3 is 2.44 bits per heavy atom. The Bertz CT molecular complexity index is 597. The molecule has 0 saturated heterocycles. The van der Waals surface area contributed by atoms with Crippen molar-refractivity contribution in [3.63, 3.8) is 0 Å². The first kappa shape index (κ1) is 13.5. The van der Waals surface area contributed by atoms with Crippen molar-refractivity contribution in [3.05, 3.63) is 38.4 Å². The standard InChI is InChI=1S/C13H13Br2N3/c1-7-6-9(4-5-10(7)14)12-17-8(2)11(15)13(16-3)18-12/h4-6H,1-3H3,(H,16,17,18). The molecule has 0 amide bonds. The van der Waals surface area contributed by atoms with Crippen LogP contribution in [0.2, 0.25) is 0 Å². The number of benzene rings is 1. The molecule has 0 bridgehead atoms. The summed E-state index contributed by atoms with van der Waals surface area (Å²) in [6.45, 7) is 4.01. The Hall–Kier alpha value is -0.940. The van der Waals surface area contributed by atoms with E-state index in [0.29, 0.717) is 0 Å². The predicted molar refractivity (Wildman–Crippen MR) is 81.9 cm³/mol. The normalized spacial score (nSPS) is 10.5. The molecule has 1 N–H and O–H groups in total. The summed E-state index contributed by atoms with van der Waals surface area (Å²) in [7, 11) is 1.85. The van der Waals surface area contributed by atoms with Gasteiger partial charge in [0.15, 0.2) is 5.82 Å². The van der Waals surface area contributed by atoms with Gasteiger partial charge < -0.3 is 5.32 Å². The van der Waals surface area contributed by atoms with Gasteiger partial charge in [0.05, 0.1) is 10.2 Å². The molecule has 0 radical (unpaired) electrons. The average molecular weight is 371 g/mol. The third kappa shape index (κ3) is 2.57. The molecule has 0 aliphatic rings. The fourth-order valence-corrected chi connectivity index (χ4v) is 2.26. The van der Waals surface area contributed by atoms with Crippen molar-refractivity contribution in [2.45, 2.75) is 13.8 Å². The van der Waals surface area contributed by atoms with Crippen molar-refractivity contribution in [2.75, 3.05) is 12.4 Å². The summed E-state index contributed by atoms with van der Waals surface area (Å²) in [6, 6.07) is 6.11. The van der Waals surface area contributed by atoms with Crippen LogP contribution in [0.1, 0.15) is 11.3 Å². The van der Waals surface area contributed by atoms with Gasteiger partial charge in [-0.05, 0) is 47.5 Å². The minimum Gasteiger partial charge on any atom is -0.372 e. The van der Waals surface area contributed by atoms with Crippen LogP contribution in [-0.4, -0.2) is 17.0 Å². The molecule has 5 heteroatoms. The van der Waals surface area contributed by atoms with Gasteiger partial charge >= 0.3 is 0 Å². The molecule has 94 valence electrons. The summed E-state index contributed by atoms with van der Waals surface area (Å²) >= 11 is 6.97. The van der Waals surface area contributed by atoms with Crippen LogP contribution in [0, 0.1) is 13.8 Å². The summed E-state index contributed by atoms with van der Waals surface area (Å²) in [5.41, 5.74) is 3.11. The maximum absolute atomic E-state index is 4.51. The zero-order chi connectivity index (χ0) is 13.3. The molecular formula is C13H13Br2N3. The highest BCUT2D eigenvalue weighted by molar-refractivity contribution is 9.11. The van der Waals surface area contributed by atoms with E-state index in [4.69, 9.17) is 0 Å². The number of aromatic nitrogens is 2. The first-order chi connectivity index (χ1) is 8.52. The Kier molecular flexibility index (Phi) is 4.02. The highest BCUT2D eigenvalue weighted by Gasteiger charge is 2.10. The molecule has 0 fully saturated rings. The molecule has 0 saturated carbocycles. The van der Waals surface area contributed by atoms with Crippen molar-refractivity contribution >= 4 is 37.7 Å². The molecule has 1 aromatic heterocycles. The zero-order valence-electron chi connectivity index (χ0n) is 10.4. The third-order valence-electron chi connectivity index (χ3n) is 2.67. The van der Waals surface area contributed by atoms with E-state index in [1.54, 1.807) is 0 Å². The second kappa shape index (κ2) is 5.36. The highest BCUT2D eigenvalue weighted by Crippen LogP contribution is 2.28. The van der Waals surface area contributed by atoms with E-state index in [2.05, 4.69) is 60.1 Å². The van der Waals surface area contributed by atoms with E-state index in [9.17, 15) is 0 Å². The maximum Gasteiger partial charge on any atom is 0.161 e. The zero-order valence-corrected chi connectivity index (χ0v) is 13.6. The van der Waals surface area contributed by atoms with Gasteiger partial charge in [-0.2, -0.15) is 0 Å². The topological polar surface area (TPSA) is 37.8 Å². The summed E-state index contributed by atoms with van der Waals surface area (Å²) in [5.74, 6) is 1.54. The Labute approximate surface area is 123 Å². The average Bonchev–Trinajstić information content (AvgIpc) is 2.36. The van der Waals surface area contributed by atoms with E-state index in [-0.39, 0.29) is 0 Å². The molecule has 0 unspecified atom stereocenters. The monoisotopic (exact) mass is 369 g/mol. The third-order valence-corrected chi connectivity index (χ3v) is 4.51. The molecule has 3 nitrogen and oxygen atoms in total. The minimum absolute atomic E-state index is 0.732. The van der Waals surface area contributed by atoms with Gasteiger partial charge in [-0.25, -0.2) is 9.97 Å². The van der Waals surface area contributed by atoms with Gasteiger partial charge in [0, 0.05) is 17.1 Å². The molecule has 0 aliphatic carbocycles. The lowest BCUT2D eigenvalue weighted by Gasteiger charge is -2.09. The second-order valence-corrected chi connectivity index (χ2v) is 5.66. The van der Waals surface area contributed by atoms with Crippen LogP contribution in [0.15, 0.2) is 27.1 Å². The molecular weight excluding hydrogens is 358 g/mol. The van der Waals surface area contributed by atoms with Gasteiger partial charge in [-0.1, -0.05) is 22.0 Å². The number of rotatable bonds is 2. The molecule has 0 spiro atoms. The van der Waals surface area contributed by atoms with E-state index >= 15 is 0 Å². The van der Waals surface area contributed by atoms with Gasteiger partial charge in [0.2, 0.25) is 0 Å². The quantitative estimate of drug-likeness (QED) is 0.854. The van der Waals surface area contributed by atoms with Crippen LogP contribution < -0.4 is 5.32 Å². The smallest absolute Gasteiger partial charge is 0.161 e. The van der Waals surface area contributed by atoms with E-state index in [0.717, 1.165) is 31.8 Å². The first-order valence-corrected chi connectivity index (χ1v) is 7.10. The molecule has 0 atom stereocenters. The summed E-state index contributed by atoms with van der Waals surface area (Å²) in [6.07, 6.45) is 0. The van der Waals surface area contributed by atoms with Crippen LogP contribution in [0.3, 0.4) is 0 Å². The number of hydrogen-bond donors (Lipinski definition) is 1.